The highest BCUT2D eigenvalue weighted by molar-refractivity contribution is 7.18. The number of amides is 2. The number of thiophene rings is 1. The number of nitrogens with one attached hydrogen (secondary N) is 1. The molecule has 1 aromatic carbocycles. The van der Waals surface area contributed by atoms with Gasteiger partial charge in [-0.1, -0.05) is 29.3 Å². The van der Waals surface area contributed by atoms with Crippen molar-refractivity contribution < 1.29 is 14.4 Å². The van der Waals surface area contributed by atoms with Gasteiger partial charge in [0.15, 0.2) is 5.78 Å². The molecule has 2 rings (SSSR count). The Balaban J connectivity index is 1.79. The third-order valence-corrected chi connectivity index (χ3v) is 4.84. The lowest BCUT2D eigenvalue weighted by Crippen LogP contribution is -2.35. The molecule has 0 aliphatic rings. The van der Waals surface area contributed by atoms with Gasteiger partial charge in [-0.05, 0) is 30.3 Å². The molecule has 2 amide bonds. The summed E-state index contributed by atoms with van der Waals surface area (Å²) < 4.78 is 0.532. The van der Waals surface area contributed by atoms with Gasteiger partial charge < -0.3 is 10.2 Å². The highest BCUT2D eigenvalue weighted by atomic mass is 35.5. The molecule has 0 fully saturated rings. The molecule has 0 aliphatic carbocycles. The quantitative estimate of drug-likeness (QED) is 0.713. The van der Waals surface area contributed by atoms with Crippen molar-refractivity contribution in [1.29, 1.82) is 0 Å². The summed E-state index contributed by atoms with van der Waals surface area (Å²) in [5.74, 6) is -0.756. The Morgan fingerprint density at radius 1 is 1.12 bits per heavy atom. The van der Waals surface area contributed by atoms with E-state index < -0.39 is 0 Å². The van der Waals surface area contributed by atoms with Crippen molar-refractivity contribution in [3.8, 4) is 0 Å². The Hall–Kier alpha value is -1.89. The number of carbonyl (C=O) groups excluding carboxylic acids is 3. The van der Waals surface area contributed by atoms with Crippen molar-refractivity contribution in [3.63, 3.8) is 0 Å². The number of anilines is 1. The van der Waals surface area contributed by atoms with E-state index in [0.717, 1.165) is 0 Å². The summed E-state index contributed by atoms with van der Waals surface area (Å²) in [6, 6.07) is 10.0. The Morgan fingerprint density at radius 2 is 1.88 bits per heavy atom. The summed E-state index contributed by atoms with van der Waals surface area (Å²) in [5.41, 5.74) is 0.558. The Bertz CT molecular complexity index is 792. The highest BCUT2D eigenvalue weighted by Crippen LogP contribution is 2.23. The summed E-state index contributed by atoms with van der Waals surface area (Å²) in [7, 11) is 1.52. The second kappa shape index (κ2) is 8.99. The summed E-state index contributed by atoms with van der Waals surface area (Å²) in [4.78, 5) is 37.8. The van der Waals surface area contributed by atoms with Crippen LogP contribution in [0.2, 0.25) is 9.36 Å². The van der Waals surface area contributed by atoms with Gasteiger partial charge in [0.05, 0.1) is 15.8 Å². The summed E-state index contributed by atoms with van der Waals surface area (Å²) in [6.45, 7) is -0.107. The second-order valence-corrected chi connectivity index (χ2v) is 7.49. The van der Waals surface area contributed by atoms with E-state index in [1.54, 1.807) is 36.4 Å². The molecule has 0 radical (unpaired) electrons. The van der Waals surface area contributed by atoms with E-state index in [-0.39, 0.29) is 37.0 Å². The number of carbonyl (C=O) groups is 3. The minimum absolute atomic E-state index is 0.0370. The van der Waals surface area contributed by atoms with Gasteiger partial charge in [-0.15, -0.1) is 11.3 Å². The van der Waals surface area contributed by atoms with E-state index in [1.807, 2.05) is 0 Å². The van der Waals surface area contributed by atoms with Gasteiger partial charge in [0.1, 0.15) is 0 Å². The van der Waals surface area contributed by atoms with Crippen molar-refractivity contribution in [2.24, 2.45) is 0 Å². The first-order valence-corrected chi connectivity index (χ1v) is 9.00. The van der Waals surface area contributed by atoms with Crippen molar-refractivity contribution >= 4 is 57.8 Å². The van der Waals surface area contributed by atoms with E-state index in [2.05, 4.69) is 5.32 Å². The average molecular weight is 399 g/mol. The number of hydrogen-bond acceptors (Lipinski definition) is 4. The van der Waals surface area contributed by atoms with Crippen LogP contribution in [0.4, 0.5) is 5.69 Å². The molecule has 0 bridgehead atoms. The van der Waals surface area contributed by atoms with E-state index in [1.165, 1.54) is 23.3 Å². The number of benzene rings is 1. The molecule has 1 N–H and O–H groups in total. The molecule has 2 aromatic rings. The average Bonchev–Trinajstić information content (AvgIpc) is 2.98. The Morgan fingerprint density at radius 3 is 2.52 bits per heavy atom. The van der Waals surface area contributed by atoms with Crippen LogP contribution < -0.4 is 5.32 Å². The van der Waals surface area contributed by atoms with Crippen LogP contribution in [0.15, 0.2) is 36.4 Å². The minimum Gasteiger partial charge on any atom is -0.336 e. The van der Waals surface area contributed by atoms with Crippen LogP contribution >= 0.6 is 34.5 Å². The molecule has 8 heteroatoms. The van der Waals surface area contributed by atoms with Crippen molar-refractivity contribution in [2.75, 3.05) is 18.9 Å². The monoisotopic (exact) mass is 398 g/mol. The lowest BCUT2D eigenvalue weighted by atomic mass is 10.2. The molecular formula is C17H16Cl2N2O3S. The molecule has 5 nitrogen and oxygen atoms in total. The van der Waals surface area contributed by atoms with E-state index in [4.69, 9.17) is 23.2 Å². The van der Waals surface area contributed by atoms with E-state index in [9.17, 15) is 14.4 Å². The highest BCUT2D eigenvalue weighted by Gasteiger charge is 2.16. The van der Waals surface area contributed by atoms with E-state index in [0.29, 0.717) is 19.9 Å². The number of rotatable bonds is 7. The predicted molar refractivity (Wildman–Crippen MR) is 101 cm³/mol. The molecule has 1 aromatic heterocycles. The summed E-state index contributed by atoms with van der Waals surface area (Å²) >= 11 is 12.8. The smallest absolute Gasteiger partial charge is 0.243 e. The number of halogens is 2. The third kappa shape index (κ3) is 6.16. The minimum atomic E-state index is -0.338. The fourth-order valence-electron chi connectivity index (χ4n) is 2.07. The first-order valence-electron chi connectivity index (χ1n) is 7.43. The maximum Gasteiger partial charge on any atom is 0.243 e. The van der Waals surface area contributed by atoms with Crippen LogP contribution in [0.5, 0.6) is 0 Å². The topological polar surface area (TPSA) is 66.5 Å². The lowest BCUT2D eigenvalue weighted by molar-refractivity contribution is -0.133. The third-order valence-electron chi connectivity index (χ3n) is 3.33. The van der Waals surface area contributed by atoms with Gasteiger partial charge in [-0.25, -0.2) is 0 Å². The normalized spacial score (nSPS) is 10.4. The van der Waals surface area contributed by atoms with Gasteiger partial charge >= 0.3 is 0 Å². The summed E-state index contributed by atoms with van der Waals surface area (Å²) in [5, 5.41) is 3.17. The number of ketones is 1. The predicted octanol–water partition coefficient (Wildman–Crippen LogP) is 4.11. The molecule has 0 spiro atoms. The van der Waals surface area contributed by atoms with Crippen LogP contribution in [0.1, 0.15) is 22.5 Å². The zero-order valence-corrected chi connectivity index (χ0v) is 15.7. The standard InChI is InChI=1S/C17H16Cl2N2O3S/c1-21(10-16(23)20-12-4-2-3-11(18)9-12)17(24)8-5-13(22)14-6-7-15(19)25-14/h2-4,6-7,9H,5,8,10H2,1H3,(H,20,23). The molecule has 0 saturated carbocycles. The van der Waals surface area contributed by atoms with Crippen LogP contribution in [-0.2, 0) is 9.59 Å². The van der Waals surface area contributed by atoms with Crippen LogP contribution in [0, 0.1) is 0 Å². The van der Waals surface area contributed by atoms with E-state index >= 15 is 0 Å². The van der Waals surface area contributed by atoms with Gasteiger partial charge in [0.25, 0.3) is 0 Å². The van der Waals surface area contributed by atoms with Crippen LogP contribution in [-0.4, -0.2) is 36.1 Å². The zero-order valence-electron chi connectivity index (χ0n) is 13.4. The fraction of sp³-hybridized carbons (Fsp3) is 0.235. The molecule has 0 saturated heterocycles. The molecule has 25 heavy (non-hydrogen) atoms. The first kappa shape index (κ1) is 19.4. The van der Waals surface area contributed by atoms with Crippen LogP contribution in [0.25, 0.3) is 0 Å². The maximum atomic E-state index is 12.1. The second-order valence-electron chi connectivity index (χ2n) is 5.34. The number of Topliss-reactive ketones (excluding diaryl/α,β-unsaturated/α-hetero) is 1. The molecule has 0 unspecified atom stereocenters. The van der Waals surface area contributed by atoms with Gasteiger partial charge in [-0.3, -0.25) is 14.4 Å². The molecular weight excluding hydrogens is 383 g/mol. The maximum absolute atomic E-state index is 12.1. The Kier molecular flexibility index (Phi) is 6.99. The summed E-state index contributed by atoms with van der Waals surface area (Å²) in [6.07, 6.45) is 0.116. The Labute approximate surface area is 159 Å². The van der Waals surface area contributed by atoms with Gasteiger partial charge in [0.2, 0.25) is 11.8 Å². The fourth-order valence-corrected chi connectivity index (χ4v) is 3.27. The van der Waals surface area contributed by atoms with Crippen molar-refractivity contribution in [2.45, 2.75) is 12.8 Å². The molecule has 0 atom stereocenters. The molecule has 1 heterocycles. The SMILES string of the molecule is CN(CC(=O)Nc1cccc(Cl)c1)C(=O)CCC(=O)c1ccc(Cl)s1. The number of nitrogens with zero attached hydrogens (tertiary/aromatic N) is 1. The lowest BCUT2D eigenvalue weighted by Gasteiger charge is -2.16. The first-order chi connectivity index (χ1) is 11.8. The van der Waals surface area contributed by atoms with Gasteiger partial charge in [-0.2, -0.15) is 0 Å². The number of likely N-dealkylation sites (N-methyl/N-ethyl adjacent to an activating group) is 1. The number of hydrogen-bond donors (Lipinski definition) is 1. The largest absolute Gasteiger partial charge is 0.336 e. The zero-order chi connectivity index (χ0) is 18.4. The van der Waals surface area contributed by atoms with Crippen molar-refractivity contribution in [1.82, 2.24) is 4.90 Å². The van der Waals surface area contributed by atoms with Crippen LogP contribution in [0.3, 0.4) is 0 Å². The van der Waals surface area contributed by atoms with Gasteiger partial charge in [0, 0.05) is 30.6 Å². The van der Waals surface area contributed by atoms with Crippen molar-refractivity contribution in [3.05, 3.63) is 50.6 Å². The molecule has 132 valence electrons. The molecule has 0 aliphatic heterocycles.